The first kappa shape index (κ1) is 27.1. The van der Waals surface area contributed by atoms with Gasteiger partial charge in [0.15, 0.2) is 0 Å². The van der Waals surface area contributed by atoms with Crippen molar-refractivity contribution in [2.45, 2.75) is 53.6 Å². The van der Waals surface area contributed by atoms with Gasteiger partial charge in [0.2, 0.25) is 11.8 Å². The molecule has 2 rings (SSSR count). The third kappa shape index (κ3) is 8.63. The molecule has 0 bridgehead atoms. The molecule has 0 aliphatic heterocycles. The van der Waals surface area contributed by atoms with Crippen molar-refractivity contribution in [2.24, 2.45) is 5.41 Å². The molecule has 0 saturated carbocycles. The van der Waals surface area contributed by atoms with Gasteiger partial charge in [-0.1, -0.05) is 62.2 Å². The second kappa shape index (κ2) is 12.9. The fourth-order valence-corrected chi connectivity index (χ4v) is 3.83. The third-order valence-corrected chi connectivity index (χ3v) is 6.03. The summed E-state index contributed by atoms with van der Waals surface area (Å²) >= 11 is 3.48. The van der Waals surface area contributed by atoms with Crippen molar-refractivity contribution in [3.63, 3.8) is 0 Å². The van der Waals surface area contributed by atoms with Crippen molar-refractivity contribution in [1.29, 1.82) is 0 Å². The largest absolute Gasteiger partial charge is 0.383 e. The van der Waals surface area contributed by atoms with Crippen LogP contribution in [0.4, 0.5) is 0 Å². The number of hydrogen-bond donors (Lipinski definition) is 0. The molecule has 0 aliphatic carbocycles. The predicted octanol–water partition coefficient (Wildman–Crippen LogP) is 4.95. The number of nitrogens with zero attached hydrogens (tertiary/aromatic N) is 3. The van der Waals surface area contributed by atoms with Gasteiger partial charge in [-0.2, -0.15) is 0 Å². The van der Waals surface area contributed by atoms with Crippen LogP contribution in [0.15, 0.2) is 47.1 Å². The highest BCUT2D eigenvalue weighted by atomic mass is 79.9. The lowest BCUT2D eigenvalue weighted by atomic mass is 9.94. The molecule has 0 atom stereocenters. The van der Waals surface area contributed by atoms with E-state index in [9.17, 15) is 9.59 Å². The van der Waals surface area contributed by atoms with Crippen LogP contribution in [-0.2, 0) is 27.4 Å². The van der Waals surface area contributed by atoms with E-state index in [4.69, 9.17) is 4.74 Å². The van der Waals surface area contributed by atoms with E-state index >= 15 is 0 Å². The van der Waals surface area contributed by atoms with Crippen molar-refractivity contribution in [3.8, 4) is 0 Å². The van der Waals surface area contributed by atoms with E-state index < -0.39 is 5.41 Å². The molecule has 1 aromatic carbocycles. The number of unbranched alkanes of at least 4 members (excludes halogenated alkanes) is 1. The predicted molar refractivity (Wildman–Crippen MR) is 136 cm³/mol. The number of carbonyl (C=O) groups excluding carboxylic acids is 2. The molecule has 1 aromatic heterocycles. The second-order valence-electron chi connectivity index (χ2n) is 9.39. The van der Waals surface area contributed by atoms with E-state index in [0.29, 0.717) is 26.2 Å². The van der Waals surface area contributed by atoms with Gasteiger partial charge in [0.05, 0.1) is 19.7 Å². The Morgan fingerprint density at radius 3 is 2.36 bits per heavy atom. The summed E-state index contributed by atoms with van der Waals surface area (Å²) in [5.74, 6) is -0.0736. The molecule has 0 aliphatic rings. The molecule has 0 unspecified atom stereocenters. The van der Waals surface area contributed by atoms with Crippen LogP contribution in [-0.4, -0.2) is 59.5 Å². The molecule has 1 heterocycles. The number of methoxy groups -OCH3 is 1. The fourth-order valence-electron chi connectivity index (χ4n) is 3.56. The average Bonchev–Trinajstić information content (AvgIpc) is 3.20. The average molecular weight is 521 g/mol. The van der Waals surface area contributed by atoms with Crippen LogP contribution in [0.5, 0.6) is 0 Å². The number of rotatable bonds is 12. The molecule has 0 radical (unpaired) electrons. The molecule has 182 valence electrons. The molecule has 0 saturated heterocycles. The van der Waals surface area contributed by atoms with Crippen LogP contribution in [0.3, 0.4) is 0 Å². The molecule has 33 heavy (non-hydrogen) atoms. The minimum atomic E-state index is -0.554. The smallest absolute Gasteiger partial charge is 0.242 e. The number of aromatic nitrogens is 1. The zero-order chi connectivity index (χ0) is 24.4. The van der Waals surface area contributed by atoms with Crippen molar-refractivity contribution in [1.82, 2.24) is 14.4 Å². The molecule has 6 nitrogen and oxygen atoms in total. The van der Waals surface area contributed by atoms with Gasteiger partial charge in [0.1, 0.15) is 0 Å². The standard InChI is InChI=1S/C26H38BrN3O3/c1-6-7-14-29(24(31)20-30(16-17-33-5)25(32)26(2,3)4)19-23-9-8-15-28(23)18-21-10-12-22(27)13-11-21/h8-13,15H,6-7,14,16-20H2,1-5H3. The molecule has 0 fully saturated rings. The quantitative estimate of drug-likeness (QED) is 0.398. The van der Waals surface area contributed by atoms with Gasteiger partial charge in [-0.05, 0) is 36.2 Å². The van der Waals surface area contributed by atoms with Gasteiger partial charge in [0, 0.05) is 48.5 Å². The van der Waals surface area contributed by atoms with Gasteiger partial charge in [-0.3, -0.25) is 9.59 Å². The van der Waals surface area contributed by atoms with Crippen molar-refractivity contribution >= 4 is 27.7 Å². The monoisotopic (exact) mass is 519 g/mol. The number of ether oxygens (including phenoxy) is 1. The summed E-state index contributed by atoms with van der Waals surface area (Å²) < 4.78 is 8.41. The zero-order valence-corrected chi connectivity index (χ0v) is 22.2. The summed E-state index contributed by atoms with van der Waals surface area (Å²) in [5.41, 5.74) is 1.72. The summed E-state index contributed by atoms with van der Waals surface area (Å²) in [4.78, 5) is 29.8. The van der Waals surface area contributed by atoms with Crippen LogP contribution in [0.2, 0.25) is 0 Å². The zero-order valence-electron chi connectivity index (χ0n) is 20.6. The Balaban J connectivity index is 2.16. The van der Waals surface area contributed by atoms with Crippen LogP contribution in [0, 0.1) is 5.41 Å². The summed E-state index contributed by atoms with van der Waals surface area (Å²) in [6, 6.07) is 12.4. The number of benzene rings is 1. The van der Waals surface area contributed by atoms with Gasteiger partial charge < -0.3 is 19.1 Å². The Morgan fingerprint density at radius 1 is 1.06 bits per heavy atom. The Morgan fingerprint density at radius 2 is 1.76 bits per heavy atom. The highest BCUT2D eigenvalue weighted by molar-refractivity contribution is 9.10. The Bertz CT molecular complexity index is 887. The maximum absolute atomic E-state index is 13.4. The lowest BCUT2D eigenvalue weighted by molar-refractivity contribution is -0.146. The van der Waals surface area contributed by atoms with Gasteiger partial charge in [0.25, 0.3) is 0 Å². The second-order valence-corrected chi connectivity index (χ2v) is 10.3. The summed E-state index contributed by atoms with van der Waals surface area (Å²) in [6.45, 7) is 10.6. The Hall–Kier alpha value is -2.12. The molecule has 0 N–H and O–H groups in total. The maximum Gasteiger partial charge on any atom is 0.242 e. The Kier molecular flexibility index (Phi) is 10.6. The molecular formula is C26H38BrN3O3. The highest BCUT2D eigenvalue weighted by Crippen LogP contribution is 2.18. The Labute approximate surface area is 207 Å². The molecule has 2 amide bonds. The lowest BCUT2D eigenvalue weighted by Gasteiger charge is -2.31. The minimum absolute atomic E-state index is 0.0338. The first-order valence-corrected chi connectivity index (χ1v) is 12.4. The van der Waals surface area contributed by atoms with Gasteiger partial charge >= 0.3 is 0 Å². The van der Waals surface area contributed by atoms with Crippen molar-refractivity contribution < 1.29 is 14.3 Å². The van der Waals surface area contributed by atoms with Crippen molar-refractivity contribution in [2.75, 3.05) is 33.4 Å². The number of hydrogen-bond acceptors (Lipinski definition) is 3. The maximum atomic E-state index is 13.4. The van der Waals surface area contributed by atoms with E-state index in [1.165, 1.54) is 5.56 Å². The topological polar surface area (TPSA) is 54.8 Å². The molecule has 0 spiro atoms. The van der Waals surface area contributed by atoms with E-state index in [1.807, 2.05) is 50.1 Å². The molecular weight excluding hydrogens is 482 g/mol. The summed E-state index contributed by atoms with van der Waals surface area (Å²) in [6.07, 6.45) is 3.97. The van der Waals surface area contributed by atoms with Gasteiger partial charge in [-0.15, -0.1) is 0 Å². The SMILES string of the molecule is CCCCN(Cc1cccn1Cc1ccc(Br)cc1)C(=O)CN(CCOC)C(=O)C(C)(C)C. The van der Waals surface area contributed by atoms with Crippen molar-refractivity contribution in [3.05, 3.63) is 58.3 Å². The summed E-state index contributed by atoms with van der Waals surface area (Å²) in [5, 5.41) is 0. The van der Waals surface area contributed by atoms with Crippen LogP contribution >= 0.6 is 15.9 Å². The molecule has 2 aromatic rings. The van der Waals surface area contributed by atoms with E-state index in [1.54, 1.807) is 12.0 Å². The fraction of sp³-hybridized carbons (Fsp3) is 0.538. The van der Waals surface area contributed by atoms with Gasteiger partial charge in [-0.25, -0.2) is 0 Å². The van der Waals surface area contributed by atoms with E-state index in [2.05, 4.69) is 45.6 Å². The normalized spacial score (nSPS) is 11.5. The van der Waals surface area contributed by atoms with E-state index in [0.717, 1.165) is 29.6 Å². The number of halogens is 1. The van der Waals surface area contributed by atoms with Crippen LogP contribution in [0.1, 0.15) is 51.8 Å². The first-order chi connectivity index (χ1) is 15.7. The number of amides is 2. The first-order valence-electron chi connectivity index (χ1n) is 11.6. The lowest BCUT2D eigenvalue weighted by Crippen LogP contribution is -2.47. The number of carbonyl (C=O) groups is 2. The highest BCUT2D eigenvalue weighted by Gasteiger charge is 2.29. The van der Waals surface area contributed by atoms with E-state index in [-0.39, 0.29) is 18.4 Å². The minimum Gasteiger partial charge on any atom is -0.383 e. The van der Waals surface area contributed by atoms with Crippen LogP contribution < -0.4 is 0 Å². The third-order valence-electron chi connectivity index (χ3n) is 5.50. The molecule has 7 heteroatoms. The summed E-state index contributed by atoms with van der Waals surface area (Å²) in [7, 11) is 1.61. The van der Waals surface area contributed by atoms with Crippen LogP contribution in [0.25, 0.3) is 0 Å².